The first kappa shape index (κ1) is 17.5. The molecule has 0 saturated carbocycles. The molecule has 134 valence electrons. The number of amides is 1. The van der Waals surface area contributed by atoms with Gasteiger partial charge in [0, 0.05) is 19.1 Å². The highest BCUT2D eigenvalue weighted by molar-refractivity contribution is 5.81. The van der Waals surface area contributed by atoms with Gasteiger partial charge in [-0.15, -0.1) is 0 Å². The molecule has 1 unspecified atom stereocenters. The molecule has 0 N–H and O–H groups in total. The van der Waals surface area contributed by atoms with Gasteiger partial charge in [0.25, 0.3) is 5.56 Å². The summed E-state index contributed by atoms with van der Waals surface area (Å²) in [6, 6.07) is 7.22. The second kappa shape index (κ2) is 7.25. The van der Waals surface area contributed by atoms with E-state index < -0.39 is 5.69 Å². The lowest BCUT2D eigenvalue weighted by molar-refractivity contribution is -0.135. The highest BCUT2D eigenvalue weighted by Gasteiger charge is 2.24. The monoisotopic (exact) mass is 343 g/mol. The Bertz CT molecular complexity index is 897. The molecule has 2 heterocycles. The molecule has 0 bridgehead atoms. The Kier molecular flexibility index (Phi) is 5.06. The van der Waals surface area contributed by atoms with Crippen molar-refractivity contribution in [2.75, 3.05) is 6.54 Å². The van der Waals surface area contributed by atoms with Gasteiger partial charge in [-0.2, -0.15) is 0 Å². The number of nitrogens with zero attached hydrogens (tertiary/aromatic N) is 3. The molecule has 25 heavy (non-hydrogen) atoms. The molecule has 1 aromatic heterocycles. The smallest absolute Gasteiger partial charge is 0.331 e. The summed E-state index contributed by atoms with van der Waals surface area (Å²) in [6.07, 6.45) is 3.82. The van der Waals surface area contributed by atoms with Crippen LogP contribution in [0.15, 0.2) is 33.9 Å². The van der Waals surface area contributed by atoms with Crippen LogP contribution in [0.4, 0.5) is 0 Å². The average Bonchev–Trinajstić information content (AvgIpc) is 2.62. The molecule has 1 saturated heterocycles. The average molecular weight is 343 g/mol. The zero-order valence-corrected chi connectivity index (χ0v) is 14.9. The molecule has 1 fully saturated rings. The van der Waals surface area contributed by atoms with E-state index in [1.807, 2.05) is 11.8 Å². The number of likely N-dealkylation sites (tertiary alicyclic amines) is 1. The molecule has 2 aromatic rings. The second-order valence-electron chi connectivity index (χ2n) is 6.77. The van der Waals surface area contributed by atoms with Gasteiger partial charge in [-0.3, -0.25) is 18.7 Å². The summed E-state index contributed by atoms with van der Waals surface area (Å²) in [5.41, 5.74) is -0.149. The van der Waals surface area contributed by atoms with Crippen LogP contribution in [0.1, 0.15) is 39.5 Å². The molecule has 1 aliphatic rings. The Morgan fingerprint density at radius 1 is 1.16 bits per heavy atom. The first-order valence-corrected chi connectivity index (χ1v) is 9.06. The van der Waals surface area contributed by atoms with Crippen molar-refractivity contribution in [2.45, 2.75) is 58.7 Å². The van der Waals surface area contributed by atoms with Crippen LogP contribution in [-0.2, 0) is 17.9 Å². The van der Waals surface area contributed by atoms with Crippen LogP contribution < -0.4 is 11.2 Å². The van der Waals surface area contributed by atoms with Gasteiger partial charge in [0.05, 0.1) is 10.9 Å². The lowest BCUT2D eigenvalue weighted by Gasteiger charge is -2.33. The highest BCUT2D eigenvalue weighted by atomic mass is 16.2. The molecule has 1 atom stereocenters. The van der Waals surface area contributed by atoms with Crippen molar-refractivity contribution in [3.8, 4) is 0 Å². The third-order valence-electron chi connectivity index (χ3n) is 5.00. The largest absolute Gasteiger partial charge is 0.338 e. The summed E-state index contributed by atoms with van der Waals surface area (Å²) >= 11 is 0. The SMILES string of the molecule is CCCn1c(=O)c2ccccc2n(CC(=O)N2CCCCC2C)c1=O. The van der Waals surface area contributed by atoms with Gasteiger partial charge in [0.2, 0.25) is 5.91 Å². The zero-order chi connectivity index (χ0) is 18.0. The van der Waals surface area contributed by atoms with Crippen LogP contribution >= 0.6 is 0 Å². The maximum atomic E-state index is 12.8. The van der Waals surface area contributed by atoms with Crippen LogP contribution in [0.2, 0.25) is 0 Å². The van der Waals surface area contributed by atoms with Crippen molar-refractivity contribution in [3.05, 3.63) is 45.1 Å². The Hall–Kier alpha value is -2.37. The van der Waals surface area contributed by atoms with Crippen LogP contribution in [0, 0.1) is 0 Å². The van der Waals surface area contributed by atoms with E-state index in [1.165, 1.54) is 9.13 Å². The minimum atomic E-state index is -0.399. The van der Waals surface area contributed by atoms with Crippen LogP contribution in [0.3, 0.4) is 0 Å². The topological polar surface area (TPSA) is 64.3 Å². The van der Waals surface area contributed by atoms with E-state index in [4.69, 9.17) is 0 Å². The number of fused-ring (bicyclic) bond motifs is 1. The fourth-order valence-corrected chi connectivity index (χ4v) is 3.64. The van der Waals surface area contributed by atoms with E-state index in [1.54, 1.807) is 24.3 Å². The number of rotatable bonds is 4. The van der Waals surface area contributed by atoms with E-state index in [0.717, 1.165) is 25.8 Å². The minimum absolute atomic E-state index is 0.0202. The first-order chi connectivity index (χ1) is 12.0. The van der Waals surface area contributed by atoms with Crippen molar-refractivity contribution in [1.29, 1.82) is 0 Å². The number of carbonyl (C=O) groups is 1. The lowest BCUT2D eigenvalue weighted by Crippen LogP contribution is -2.47. The van der Waals surface area contributed by atoms with Crippen LogP contribution in [0.5, 0.6) is 0 Å². The number of benzene rings is 1. The zero-order valence-electron chi connectivity index (χ0n) is 14.9. The maximum absolute atomic E-state index is 12.8. The number of carbonyl (C=O) groups excluding carboxylic acids is 1. The minimum Gasteiger partial charge on any atom is -0.338 e. The summed E-state index contributed by atoms with van der Waals surface area (Å²) in [5.74, 6) is -0.0545. The third-order valence-corrected chi connectivity index (χ3v) is 5.00. The molecular formula is C19H25N3O3. The Morgan fingerprint density at radius 3 is 2.64 bits per heavy atom. The van der Waals surface area contributed by atoms with E-state index in [0.29, 0.717) is 23.9 Å². The molecule has 0 radical (unpaired) electrons. The predicted molar refractivity (Wildman–Crippen MR) is 97.8 cm³/mol. The van der Waals surface area contributed by atoms with E-state index in [2.05, 4.69) is 6.92 Å². The molecule has 1 amide bonds. The van der Waals surface area contributed by atoms with Crippen molar-refractivity contribution in [1.82, 2.24) is 14.0 Å². The van der Waals surface area contributed by atoms with Gasteiger partial charge >= 0.3 is 5.69 Å². The molecule has 6 heteroatoms. The van der Waals surface area contributed by atoms with Crippen molar-refractivity contribution in [3.63, 3.8) is 0 Å². The standard InChI is InChI=1S/C19H25N3O3/c1-3-11-21-18(24)15-9-4-5-10-16(15)22(19(21)25)13-17(23)20-12-7-6-8-14(20)2/h4-5,9-10,14H,3,6-8,11-13H2,1-2H3. The van der Waals surface area contributed by atoms with Gasteiger partial charge in [0.1, 0.15) is 6.54 Å². The van der Waals surface area contributed by atoms with Crippen molar-refractivity contribution < 1.29 is 4.79 Å². The molecule has 0 spiro atoms. The number of para-hydroxylation sites is 1. The summed E-state index contributed by atoms with van der Waals surface area (Å²) in [6.45, 7) is 5.05. The summed E-state index contributed by atoms with van der Waals surface area (Å²) in [7, 11) is 0. The molecule has 6 nitrogen and oxygen atoms in total. The fraction of sp³-hybridized carbons (Fsp3) is 0.526. The Morgan fingerprint density at radius 2 is 1.92 bits per heavy atom. The van der Waals surface area contributed by atoms with Crippen LogP contribution in [0.25, 0.3) is 10.9 Å². The second-order valence-corrected chi connectivity index (χ2v) is 6.77. The van der Waals surface area contributed by atoms with Crippen molar-refractivity contribution in [2.24, 2.45) is 0 Å². The third kappa shape index (κ3) is 3.25. The maximum Gasteiger partial charge on any atom is 0.331 e. The highest BCUT2D eigenvalue weighted by Crippen LogP contribution is 2.17. The summed E-state index contributed by atoms with van der Waals surface area (Å²) in [5, 5.41) is 0.482. The van der Waals surface area contributed by atoms with Gasteiger partial charge in [-0.1, -0.05) is 19.1 Å². The molecule has 1 aliphatic heterocycles. The first-order valence-electron chi connectivity index (χ1n) is 9.06. The molecular weight excluding hydrogens is 318 g/mol. The van der Waals surface area contributed by atoms with E-state index >= 15 is 0 Å². The van der Waals surface area contributed by atoms with E-state index in [-0.39, 0.29) is 24.1 Å². The Balaban J connectivity index is 2.07. The van der Waals surface area contributed by atoms with Gasteiger partial charge in [0.15, 0.2) is 0 Å². The lowest BCUT2D eigenvalue weighted by atomic mass is 10.0. The van der Waals surface area contributed by atoms with E-state index in [9.17, 15) is 14.4 Å². The quantitative estimate of drug-likeness (QED) is 0.853. The predicted octanol–water partition coefficient (Wildman–Crippen LogP) is 1.97. The number of aromatic nitrogens is 2. The van der Waals surface area contributed by atoms with Gasteiger partial charge in [-0.25, -0.2) is 4.79 Å². The molecule has 3 rings (SSSR count). The normalized spacial score (nSPS) is 17.8. The summed E-state index contributed by atoms with van der Waals surface area (Å²) < 4.78 is 2.70. The number of hydrogen-bond donors (Lipinski definition) is 0. The fourth-order valence-electron chi connectivity index (χ4n) is 3.64. The molecule has 1 aromatic carbocycles. The van der Waals surface area contributed by atoms with Gasteiger partial charge < -0.3 is 4.90 Å². The van der Waals surface area contributed by atoms with Crippen molar-refractivity contribution >= 4 is 16.8 Å². The molecule has 0 aliphatic carbocycles. The Labute approximate surface area is 146 Å². The summed E-state index contributed by atoms with van der Waals surface area (Å²) in [4.78, 5) is 40.1. The number of hydrogen-bond acceptors (Lipinski definition) is 3. The van der Waals surface area contributed by atoms with Crippen LogP contribution in [-0.4, -0.2) is 32.5 Å². The van der Waals surface area contributed by atoms with Gasteiger partial charge in [-0.05, 0) is 44.7 Å². The number of piperidine rings is 1.